The van der Waals surface area contributed by atoms with Gasteiger partial charge in [0.05, 0.1) is 0 Å². The lowest BCUT2D eigenvalue weighted by Crippen LogP contribution is -2.01. The Balaban J connectivity index is 0.000000491. The van der Waals surface area contributed by atoms with E-state index in [1.807, 2.05) is 31.3 Å². The van der Waals surface area contributed by atoms with Gasteiger partial charge in [0.2, 0.25) is 0 Å². The molecule has 0 saturated carbocycles. The SMILES string of the molecule is CCNC.N=Cc1ccccc1CCc1cccc(Br)c1. The number of nitrogens with one attached hydrogen (secondary N) is 2. The fourth-order valence-electron chi connectivity index (χ4n) is 1.87. The molecule has 0 atom stereocenters. The molecule has 0 aliphatic rings. The van der Waals surface area contributed by atoms with E-state index < -0.39 is 0 Å². The van der Waals surface area contributed by atoms with Crippen LogP contribution in [0.4, 0.5) is 0 Å². The summed E-state index contributed by atoms with van der Waals surface area (Å²) in [6.45, 7) is 3.14. The van der Waals surface area contributed by atoms with Crippen molar-refractivity contribution >= 4 is 22.1 Å². The highest BCUT2D eigenvalue weighted by Gasteiger charge is 2.00. The molecule has 0 saturated heterocycles. The molecule has 0 amide bonds. The monoisotopic (exact) mass is 346 g/mol. The van der Waals surface area contributed by atoms with Crippen molar-refractivity contribution in [2.24, 2.45) is 0 Å². The average molecular weight is 347 g/mol. The highest BCUT2D eigenvalue weighted by molar-refractivity contribution is 9.10. The predicted molar refractivity (Wildman–Crippen MR) is 95.5 cm³/mol. The van der Waals surface area contributed by atoms with Crippen LogP contribution in [-0.4, -0.2) is 19.8 Å². The van der Waals surface area contributed by atoms with E-state index in [1.165, 1.54) is 17.3 Å². The second-order valence-electron chi connectivity index (χ2n) is 4.68. The smallest absolute Gasteiger partial charge is 0.0253 e. The maximum absolute atomic E-state index is 7.37. The molecule has 2 aromatic rings. The lowest BCUT2D eigenvalue weighted by Gasteiger charge is -2.05. The maximum Gasteiger partial charge on any atom is 0.0253 e. The molecule has 0 aromatic heterocycles. The molecule has 112 valence electrons. The van der Waals surface area contributed by atoms with E-state index in [4.69, 9.17) is 5.41 Å². The van der Waals surface area contributed by atoms with Crippen molar-refractivity contribution in [2.45, 2.75) is 19.8 Å². The zero-order valence-corrected chi connectivity index (χ0v) is 14.3. The van der Waals surface area contributed by atoms with Crippen LogP contribution in [0.3, 0.4) is 0 Å². The maximum atomic E-state index is 7.37. The van der Waals surface area contributed by atoms with Gasteiger partial charge in [0, 0.05) is 10.7 Å². The summed E-state index contributed by atoms with van der Waals surface area (Å²) < 4.78 is 1.12. The van der Waals surface area contributed by atoms with Gasteiger partial charge in [-0.2, -0.15) is 0 Å². The third-order valence-electron chi connectivity index (χ3n) is 3.14. The van der Waals surface area contributed by atoms with Gasteiger partial charge in [-0.05, 0) is 55.3 Å². The number of hydrogen-bond acceptors (Lipinski definition) is 2. The standard InChI is InChI=1S/C15H14BrN.C3H9N/c16-15-7-3-4-12(10-15)8-9-13-5-1-2-6-14(13)11-17;1-3-4-2/h1-7,10-11,17H,8-9H2;4H,3H2,1-2H3. The molecule has 0 unspecified atom stereocenters. The Labute approximate surface area is 136 Å². The van der Waals surface area contributed by atoms with Crippen LogP contribution < -0.4 is 5.32 Å². The third kappa shape index (κ3) is 6.69. The van der Waals surface area contributed by atoms with Crippen LogP contribution in [0.2, 0.25) is 0 Å². The Morgan fingerprint density at radius 1 is 1.10 bits per heavy atom. The lowest BCUT2D eigenvalue weighted by molar-refractivity contribution is 0.864. The van der Waals surface area contributed by atoms with Crippen LogP contribution in [0.5, 0.6) is 0 Å². The van der Waals surface area contributed by atoms with Crippen molar-refractivity contribution in [3.63, 3.8) is 0 Å². The van der Waals surface area contributed by atoms with Gasteiger partial charge in [0.1, 0.15) is 0 Å². The summed E-state index contributed by atoms with van der Waals surface area (Å²) in [6.07, 6.45) is 3.41. The molecular formula is C18H23BrN2. The van der Waals surface area contributed by atoms with Crippen LogP contribution in [0, 0.1) is 5.41 Å². The highest BCUT2D eigenvalue weighted by atomic mass is 79.9. The molecule has 2 N–H and O–H groups in total. The fourth-order valence-corrected chi connectivity index (χ4v) is 2.32. The second-order valence-corrected chi connectivity index (χ2v) is 5.60. The van der Waals surface area contributed by atoms with E-state index in [9.17, 15) is 0 Å². The molecule has 2 nitrogen and oxygen atoms in total. The van der Waals surface area contributed by atoms with E-state index in [1.54, 1.807) is 0 Å². The normalized spacial score (nSPS) is 9.67. The molecule has 2 aromatic carbocycles. The first-order chi connectivity index (χ1) is 10.2. The van der Waals surface area contributed by atoms with Crippen molar-refractivity contribution in [1.29, 1.82) is 5.41 Å². The van der Waals surface area contributed by atoms with Gasteiger partial charge in [-0.25, -0.2) is 0 Å². The third-order valence-corrected chi connectivity index (χ3v) is 3.63. The summed E-state index contributed by atoms with van der Waals surface area (Å²) in [5.41, 5.74) is 3.57. The summed E-state index contributed by atoms with van der Waals surface area (Å²) in [6, 6.07) is 16.5. The second kappa shape index (κ2) is 10.3. The molecule has 21 heavy (non-hydrogen) atoms. The molecule has 0 aliphatic heterocycles. The molecular weight excluding hydrogens is 324 g/mol. The summed E-state index contributed by atoms with van der Waals surface area (Å²) >= 11 is 3.48. The minimum atomic E-state index is 0.974. The largest absolute Gasteiger partial charge is 0.320 e. The molecule has 0 heterocycles. The molecule has 0 fully saturated rings. The number of aryl methyl sites for hydroxylation is 2. The van der Waals surface area contributed by atoms with Crippen molar-refractivity contribution in [3.05, 3.63) is 69.7 Å². The van der Waals surface area contributed by atoms with Crippen molar-refractivity contribution in [3.8, 4) is 0 Å². The Kier molecular flexibility index (Phi) is 8.63. The molecule has 0 spiro atoms. The number of hydrogen-bond donors (Lipinski definition) is 2. The van der Waals surface area contributed by atoms with Gasteiger partial charge in [-0.3, -0.25) is 0 Å². The van der Waals surface area contributed by atoms with E-state index in [0.717, 1.165) is 29.4 Å². The molecule has 2 rings (SSSR count). The Morgan fingerprint density at radius 2 is 1.81 bits per heavy atom. The summed E-state index contributed by atoms with van der Waals surface area (Å²) in [5, 5.41) is 10.3. The number of rotatable bonds is 5. The fraction of sp³-hybridized carbons (Fsp3) is 0.278. The Morgan fingerprint density at radius 3 is 2.43 bits per heavy atom. The van der Waals surface area contributed by atoms with Crippen molar-refractivity contribution < 1.29 is 0 Å². The summed E-state index contributed by atoms with van der Waals surface area (Å²) in [7, 11) is 1.93. The minimum Gasteiger partial charge on any atom is -0.320 e. The van der Waals surface area contributed by atoms with E-state index in [-0.39, 0.29) is 0 Å². The van der Waals surface area contributed by atoms with Gasteiger partial charge >= 0.3 is 0 Å². The Bertz CT molecular complexity index is 550. The van der Waals surface area contributed by atoms with Crippen LogP contribution >= 0.6 is 15.9 Å². The highest BCUT2D eigenvalue weighted by Crippen LogP contribution is 2.15. The van der Waals surface area contributed by atoms with Crippen LogP contribution in [0.1, 0.15) is 23.6 Å². The van der Waals surface area contributed by atoms with Gasteiger partial charge in [-0.15, -0.1) is 0 Å². The first kappa shape index (κ1) is 17.6. The van der Waals surface area contributed by atoms with E-state index in [2.05, 4.69) is 52.4 Å². The molecule has 3 heteroatoms. The topological polar surface area (TPSA) is 35.9 Å². The zero-order chi connectivity index (χ0) is 15.5. The zero-order valence-electron chi connectivity index (χ0n) is 12.7. The van der Waals surface area contributed by atoms with Crippen LogP contribution in [-0.2, 0) is 12.8 Å². The van der Waals surface area contributed by atoms with E-state index >= 15 is 0 Å². The molecule has 0 radical (unpaired) electrons. The first-order valence-corrected chi connectivity index (χ1v) is 7.98. The summed E-state index contributed by atoms with van der Waals surface area (Å²) in [5.74, 6) is 0. The van der Waals surface area contributed by atoms with E-state index in [0.29, 0.717) is 0 Å². The average Bonchev–Trinajstić information content (AvgIpc) is 2.53. The summed E-state index contributed by atoms with van der Waals surface area (Å²) in [4.78, 5) is 0. The predicted octanol–water partition coefficient (Wildman–Crippen LogP) is 4.46. The Hall–Kier alpha value is -1.45. The van der Waals surface area contributed by atoms with Crippen molar-refractivity contribution in [2.75, 3.05) is 13.6 Å². The van der Waals surface area contributed by atoms with Crippen LogP contribution in [0.15, 0.2) is 53.0 Å². The minimum absolute atomic E-state index is 0.974. The first-order valence-electron chi connectivity index (χ1n) is 7.18. The van der Waals surface area contributed by atoms with Gasteiger partial charge in [0.15, 0.2) is 0 Å². The molecule has 0 aliphatic carbocycles. The number of benzene rings is 2. The van der Waals surface area contributed by atoms with Gasteiger partial charge < -0.3 is 10.7 Å². The lowest BCUT2D eigenvalue weighted by atomic mass is 10.0. The van der Waals surface area contributed by atoms with Gasteiger partial charge in [0.25, 0.3) is 0 Å². The van der Waals surface area contributed by atoms with Crippen molar-refractivity contribution in [1.82, 2.24) is 5.32 Å². The van der Waals surface area contributed by atoms with Gasteiger partial charge in [-0.1, -0.05) is 59.3 Å². The van der Waals surface area contributed by atoms with Crippen LogP contribution in [0.25, 0.3) is 0 Å². The quantitative estimate of drug-likeness (QED) is 0.770. The molecule has 0 bridgehead atoms. The number of halogens is 1.